The van der Waals surface area contributed by atoms with Crippen LogP contribution >= 0.6 is 27.3 Å². The quantitative estimate of drug-likeness (QED) is 0.642. The van der Waals surface area contributed by atoms with E-state index in [4.69, 9.17) is 0 Å². The number of nitrogens with zero attached hydrogens (tertiary/aromatic N) is 1. The lowest BCUT2D eigenvalue weighted by molar-refractivity contribution is -0.133. The smallest absolute Gasteiger partial charge is 0.323 e. The summed E-state index contributed by atoms with van der Waals surface area (Å²) in [5, 5.41) is 2.86. The van der Waals surface area contributed by atoms with Gasteiger partial charge < -0.3 is 5.32 Å². The Morgan fingerprint density at radius 3 is 2.86 bits per heavy atom. The zero-order valence-electron chi connectivity index (χ0n) is 12.2. The Balaban J connectivity index is 1.79. The summed E-state index contributed by atoms with van der Waals surface area (Å²) >= 11 is 4.62. The molecule has 0 bridgehead atoms. The molecule has 1 N–H and O–H groups in total. The summed E-state index contributed by atoms with van der Waals surface area (Å²) in [4.78, 5) is 38.9. The molecule has 1 saturated carbocycles. The summed E-state index contributed by atoms with van der Waals surface area (Å²) in [6.07, 6.45) is 3.59. The number of halogens is 1. The van der Waals surface area contributed by atoms with Crippen molar-refractivity contribution in [2.24, 2.45) is 5.92 Å². The van der Waals surface area contributed by atoms with Crippen LogP contribution in [0.5, 0.6) is 0 Å². The first kappa shape index (κ1) is 15.7. The molecule has 1 aromatic rings. The molecule has 0 aromatic carbocycles. The molecule has 22 heavy (non-hydrogen) atoms. The second-order valence-corrected chi connectivity index (χ2v) is 8.43. The third kappa shape index (κ3) is 2.50. The van der Waals surface area contributed by atoms with Crippen LogP contribution < -0.4 is 5.32 Å². The van der Waals surface area contributed by atoms with Crippen molar-refractivity contribution in [3.05, 3.63) is 20.8 Å². The van der Waals surface area contributed by atoms with Gasteiger partial charge in [-0.2, -0.15) is 0 Å². The van der Waals surface area contributed by atoms with Crippen LogP contribution in [0.2, 0.25) is 0 Å². The number of thiophene rings is 1. The van der Waals surface area contributed by atoms with E-state index in [9.17, 15) is 14.4 Å². The first-order chi connectivity index (χ1) is 10.4. The van der Waals surface area contributed by atoms with E-state index in [0.717, 1.165) is 27.9 Å². The maximum Gasteiger partial charge on any atom is 0.325 e. The van der Waals surface area contributed by atoms with Gasteiger partial charge in [0.2, 0.25) is 0 Å². The zero-order chi connectivity index (χ0) is 15.9. The van der Waals surface area contributed by atoms with Crippen molar-refractivity contribution in [2.75, 3.05) is 6.54 Å². The molecule has 1 spiro atoms. The third-order valence-electron chi connectivity index (χ3n) is 4.65. The Hall–Kier alpha value is -1.21. The fourth-order valence-electron chi connectivity index (χ4n) is 3.32. The van der Waals surface area contributed by atoms with Crippen LogP contribution in [-0.4, -0.2) is 34.7 Å². The van der Waals surface area contributed by atoms with E-state index < -0.39 is 11.6 Å². The summed E-state index contributed by atoms with van der Waals surface area (Å²) in [6.45, 7) is 1.81. The van der Waals surface area contributed by atoms with Crippen LogP contribution in [0.1, 0.15) is 42.3 Å². The Bertz CT molecular complexity index is 644. The second kappa shape index (κ2) is 5.77. The highest BCUT2D eigenvalue weighted by molar-refractivity contribution is 9.11. The van der Waals surface area contributed by atoms with E-state index in [1.54, 1.807) is 12.1 Å². The van der Waals surface area contributed by atoms with E-state index in [1.807, 2.05) is 6.92 Å². The highest BCUT2D eigenvalue weighted by Gasteiger charge is 2.55. The lowest BCUT2D eigenvalue weighted by Gasteiger charge is -2.36. The van der Waals surface area contributed by atoms with Crippen molar-refractivity contribution in [2.45, 2.75) is 38.1 Å². The minimum atomic E-state index is -0.800. The first-order valence-electron chi connectivity index (χ1n) is 7.37. The molecule has 5 nitrogen and oxygen atoms in total. The average molecular weight is 385 g/mol. The number of amides is 3. The number of carbonyl (C=O) groups excluding carboxylic acids is 3. The van der Waals surface area contributed by atoms with Gasteiger partial charge in [-0.25, -0.2) is 4.79 Å². The highest BCUT2D eigenvalue weighted by Crippen LogP contribution is 2.38. The molecule has 1 aliphatic carbocycles. The molecule has 7 heteroatoms. The predicted molar refractivity (Wildman–Crippen MR) is 87.0 cm³/mol. The lowest BCUT2D eigenvalue weighted by Crippen LogP contribution is -2.54. The minimum Gasteiger partial charge on any atom is -0.323 e. The molecule has 2 heterocycles. The molecule has 2 atom stereocenters. The fourth-order valence-corrected chi connectivity index (χ4v) is 4.64. The van der Waals surface area contributed by atoms with E-state index in [-0.39, 0.29) is 24.2 Å². The number of rotatable bonds is 3. The molecule has 3 rings (SSSR count). The van der Waals surface area contributed by atoms with E-state index in [0.29, 0.717) is 11.3 Å². The van der Waals surface area contributed by atoms with Gasteiger partial charge >= 0.3 is 6.03 Å². The van der Waals surface area contributed by atoms with Gasteiger partial charge in [0.25, 0.3) is 5.91 Å². The third-order valence-corrected chi connectivity index (χ3v) is 6.32. The normalized spacial score (nSPS) is 28.3. The summed E-state index contributed by atoms with van der Waals surface area (Å²) in [5.74, 6) is -0.345. The maximum atomic E-state index is 12.8. The minimum absolute atomic E-state index is 0.105. The topological polar surface area (TPSA) is 66.5 Å². The van der Waals surface area contributed by atoms with Gasteiger partial charge in [0.1, 0.15) is 5.54 Å². The molecule has 0 radical (unpaired) electrons. The van der Waals surface area contributed by atoms with Crippen molar-refractivity contribution < 1.29 is 14.4 Å². The fraction of sp³-hybridized carbons (Fsp3) is 0.533. The van der Waals surface area contributed by atoms with Gasteiger partial charge in [-0.15, -0.1) is 11.3 Å². The molecule has 2 unspecified atom stereocenters. The van der Waals surface area contributed by atoms with Crippen LogP contribution in [-0.2, 0) is 4.79 Å². The van der Waals surface area contributed by atoms with Gasteiger partial charge in [-0.1, -0.05) is 19.8 Å². The number of imide groups is 1. The Kier molecular flexibility index (Phi) is 4.11. The number of ketones is 1. The zero-order valence-corrected chi connectivity index (χ0v) is 14.6. The largest absolute Gasteiger partial charge is 0.325 e. The summed E-state index contributed by atoms with van der Waals surface area (Å²) < 4.78 is 0.852. The van der Waals surface area contributed by atoms with Gasteiger partial charge in [-0.05, 0) is 46.8 Å². The standard InChI is InChI=1S/C15H17BrN2O3S/c1-9-4-2-3-7-15(9)13(20)18(14(21)17-15)8-10(19)11-5-6-12(16)22-11/h5-6,9H,2-4,7-8H2,1H3,(H,17,21). The van der Waals surface area contributed by atoms with Crippen LogP contribution in [0.25, 0.3) is 0 Å². The number of nitrogens with one attached hydrogen (secondary N) is 1. The SMILES string of the molecule is CC1CCCCC12NC(=O)N(CC(=O)c1ccc(Br)s1)C2=O. The molecule has 2 aliphatic rings. The molecule has 1 aliphatic heterocycles. The van der Waals surface area contributed by atoms with E-state index in [2.05, 4.69) is 21.2 Å². The molecule has 118 valence electrons. The van der Waals surface area contributed by atoms with Crippen molar-refractivity contribution in [1.82, 2.24) is 10.2 Å². The number of hydrogen-bond acceptors (Lipinski definition) is 4. The summed E-state index contributed by atoms with van der Waals surface area (Å²) in [5.41, 5.74) is -0.800. The average Bonchev–Trinajstić information content (AvgIpc) is 3.01. The van der Waals surface area contributed by atoms with E-state index in [1.165, 1.54) is 11.3 Å². The van der Waals surface area contributed by atoms with E-state index >= 15 is 0 Å². The van der Waals surface area contributed by atoms with Crippen molar-refractivity contribution in [1.29, 1.82) is 0 Å². The van der Waals surface area contributed by atoms with Crippen molar-refractivity contribution >= 4 is 45.0 Å². The molecule has 2 fully saturated rings. The molecular formula is C15H17BrN2O3S. The number of carbonyl (C=O) groups is 3. The number of hydrogen-bond donors (Lipinski definition) is 1. The van der Waals surface area contributed by atoms with Crippen LogP contribution in [0.4, 0.5) is 4.79 Å². The highest BCUT2D eigenvalue weighted by atomic mass is 79.9. The number of urea groups is 1. The van der Waals surface area contributed by atoms with Gasteiger partial charge in [0, 0.05) is 0 Å². The molecule has 1 aromatic heterocycles. The van der Waals surface area contributed by atoms with Crippen molar-refractivity contribution in [3.8, 4) is 0 Å². The summed E-state index contributed by atoms with van der Waals surface area (Å²) in [7, 11) is 0. The van der Waals surface area contributed by atoms with Crippen LogP contribution in [0, 0.1) is 5.92 Å². The van der Waals surface area contributed by atoms with Gasteiger partial charge in [0.15, 0.2) is 5.78 Å². The van der Waals surface area contributed by atoms with Crippen LogP contribution in [0.15, 0.2) is 15.9 Å². The lowest BCUT2D eigenvalue weighted by atomic mass is 9.73. The number of Topliss-reactive ketones (excluding diaryl/α,β-unsaturated/α-hetero) is 1. The second-order valence-electron chi connectivity index (χ2n) is 5.97. The van der Waals surface area contributed by atoms with Crippen molar-refractivity contribution in [3.63, 3.8) is 0 Å². The molecule has 1 saturated heterocycles. The van der Waals surface area contributed by atoms with Crippen LogP contribution in [0.3, 0.4) is 0 Å². The first-order valence-corrected chi connectivity index (χ1v) is 8.97. The van der Waals surface area contributed by atoms with Gasteiger partial charge in [0.05, 0.1) is 15.2 Å². The molecule has 3 amide bonds. The predicted octanol–water partition coefficient (Wildman–Crippen LogP) is 3.19. The monoisotopic (exact) mass is 384 g/mol. The Morgan fingerprint density at radius 1 is 1.45 bits per heavy atom. The summed E-state index contributed by atoms with van der Waals surface area (Å²) in [6, 6.07) is 3.05. The Morgan fingerprint density at radius 2 is 2.23 bits per heavy atom. The Labute approximate surface area is 141 Å². The molecular weight excluding hydrogens is 368 g/mol. The maximum absolute atomic E-state index is 12.8. The van der Waals surface area contributed by atoms with Gasteiger partial charge in [-0.3, -0.25) is 14.5 Å².